The molecule has 0 fully saturated rings. The number of pyridine rings is 1. The molecule has 1 aliphatic heterocycles. The highest BCUT2D eigenvalue weighted by molar-refractivity contribution is 5.91. The molecule has 1 aliphatic rings. The van der Waals surface area contributed by atoms with E-state index in [1.165, 1.54) is 11.1 Å². The van der Waals surface area contributed by atoms with Crippen LogP contribution in [0.15, 0.2) is 36.5 Å². The number of benzene rings is 2. The van der Waals surface area contributed by atoms with Crippen molar-refractivity contribution in [2.75, 3.05) is 41.7 Å². The van der Waals surface area contributed by atoms with Gasteiger partial charge in [-0.15, -0.1) is 0 Å². The zero-order chi connectivity index (χ0) is 21.1. The smallest absolute Gasteiger partial charge is 0.213 e. The lowest BCUT2D eigenvalue weighted by Crippen LogP contribution is -2.40. The van der Waals surface area contributed by atoms with Gasteiger partial charge in [0.1, 0.15) is 0 Å². The largest absolute Gasteiger partial charge is 0.493 e. The van der Waals surface area contributed by atoms with Gasteiger partial charge < -0.3 is 23.7 Å². The van der Waals surface area contributed by atoms with Crippen LogP contribution in [0.5, 0.6) is 23.0 Å². The summed E-state index contributed by atoms with van der Waals surface area (Å²) in [6, 6.07) is 10.4. The second-order valence-corrected chi connectivity index (χ2v) is 7.26. The molecule has 0 aliphatic carbocycles. The van der Waals surface area contributed by atoms with E-state index in [-0.39, 0.29) is 0 Å². The molecular formula is C24H28NO5+. The third-order valence-electron chi connectivity index (χ3n) is 5.54. The first kappa shape index (κ1) is 20.3. The van der Waals surface area contributed by atoms with Gasteiger partial charge in [0.25, 0.3) is 0 Å². The maximum Gasteiger partial charge on any atom is 0.213 e. The van der Waals surface area contributed by atoms with E-state index >= 15 is 0 Å². The van der Waals surface area contributed by atoms with E-state index < -0.39 is 0 Å². The van der Waals surface area contributed by atoms with Crippen LogP contribution in [0.2, 0.25) is 0 Å². The Hall–Kier alpha value is -2.99. The molecule has 0 atom stereocenters. The number of methoxy groups -OCH3 is 4. The number of fused-ring (bicyclic) bond motifs is 4. The molecule has 2 heterocycles. The van der Waals surface area contributed by atoms with Gasteiger partial charge in [0.05, 0.1) is 38.9 Å². The molecule has 158 valence electrons. The van der Waals surface area contributed by atoms with E-state index in [0.717, 1.165) is 58.9 Å². The third-order valence-corrected chi connectivity index (χ3v) is 5.54. The maximum atomic E-state index is 6.01. The molecule has 0 bridgehead atoms. The minimum absolute atomic E-state index is 0.581. The van der Waals surface area contributed by atoms with Gasteiger partial charge in [-0.25, -0.2) is 0 Å². The van der Waals surface area contributed by atoms with Gasteiger partial charge >= 0.3 is 0 Å². The second kappa shape index (κ2) is 8.79. The molecule has 0 amide bonds. The highest BCUT2D eigenvalue weighted by Crippen LogP contribution is 2.40. The van der Waals surface area contributed by atoms with Crippen LogP contribution in [-0.4, -0.2) is 41.7 Å². The Morgan fingerprint density at radius 3 is 2.43 bits per heavy atom. The van der Waals surface area contributed by atoms with Gasteiger partial charge in [-0.05, 0) is 35.2 Å². The van der Waals surface area contributed by atoms with E-state index in [2.05, 4.69) is 35.0 Å². The van der Waals surface area contributed by atoms with Crippen molar-refractivity contribution >= 4 is 10.8 Å². The molecule has 0 saturated heterocycles. The normalized spacial score (nSPS) is 12.3. The van der Waals surface area contributed by atoms with Gasteiger partial charge in [0, 0.05) is 32.6 Å². The first-order chi connectivity index (χ1) is 14.7. The van der Waals surface area contributed by atoms with Crippen LogP contribution in [-0.2, 0) is 17.7 Å². The third kappa shape index (κ3) is 3.63. The number of rotatable bonds is 8. The summed E-state index contributed by atoms with van der Waals surface area (Å²) in [5, 5.41) is 2.14. The summed E-state index contributed by atoms with van der Waals surface area (Å²) in [5.41, 5.74) is 3.58. The summed E-state index contributed by atoms with van der Waals surface area (Å²) >= 11 is 0. The van der Waals surface area contributed by atoms with Gasteiger partial charge in [-0.2, -0.15) is 4.57 Å². The van der Waals surface area contributed by atoms with Crippen molar-refractivity contribution in [1.82, 2.24) is 0 Å². The van der Waals surface area contributed by atoms with Crippen molar-refractivity contribution in [2.24, 2.45) is 0 Å². The number of aromatic nitrogens is 1. The Morgan fingerprint density at radius 1 is 0.867 bits per heavy atom. The van der Waals surface area contributed by atoms with Crippen molar-refractivity contribution in [2.45, 2.75) is 19.4 Å². The number of ether oxygens (including phenoxy) is 5. The summed E-state index contributed by atoms with van der Waals surface area (Å²) in [4.78, 5) is 0. The Kier molecular flexibility index (Phi) is 5.95. The first-order valence-electron chi connectivity index (χ1n) is 10.1. The lowest BCUT2D eigenvalue weighted by atomic mass is 9.95. The highest BCUT2D eigenvalue weighted by Gasteiger charge is 2.27. The fourth-order valence-corrected chi connectivity index (χ4v) is 4.04. The monoisotopic (exact) mass is 410 g/mol. The lowest BCUT2D eigenvalue weighted by Gasteiger charge is -2.19. The molecular weight excluding hydrogens is 382 g/mol. The number of hydrogen-bond acceptors (Lipinski definition) is 5. The lowest BCUT2D eigenvalue weighted by molar-refractivity contribution is -0.686. The molecule has 4 rings (SSSR count). The molecule has 0 unspecified atom stereocenters. The molecule has 0 N–H and O–H groups in total. The zero-order valence-corrected chi connectivity index (χ0v) is 18.0. The van der Waals surface area contributed by atoms with Crippen molar-refractivity contribution < 1.29 is 28.3 Å². The maximum absolute atomic E-state index is 6.01. The highest BCUT2D eigenvalue weighted by atomic mass is 16.5. The fourth-order valence-electron chi connectivity index (χ4n) is 4.04. The average molecular weight is 410 g/mol. The summed E-state index contributed by atoms with van der Waals surface area (Å²) < 4.78 is 30.1. The molecule has 3 aromatic rings. The number of hydrogen-bond donors (Lipinski definition) is 0. The Labute approximate surface area is 176 Å². The summed E-state index contributed by atoms with van der Waals surface area (Å²) in [7, 11) is 6.72. The minimum Gasteiger partial charge on any atom is -0.493 e. The SMILES string of the molecule is COCCCOc1cc2c(cc1OC)CC[n+]1cc3c(OC)c(OC)ccc3cc1-2. The molecule has 0 radical (unpaired) electrons. The fraction of sp³-hybridized carbons (Fsp3) is 0.375. The van der Waals surface area contributed by atoms with Crippen LogP contribution < -0.4 is 23.5 Å². The zero-order valence-electron chi connectivity index (χ0n) is 18.0. The summed E-state index contributed by atoms with van der Waals surface area (Å²) in [5.74, 6) is 3.02. The van der Waals surface area contributed by atoms with Crippen LogP contribution in [0, 0.1) is 0 Å². The van der Waals surface area contributed by atoms with Crippen LogP contribution in [0.25, 0.3) is 22.0 Å². The van der Waals surface area contributed by atoms with E-state index in [1.54, 1.807) is 28.4 Å². The van der Waals surface area contributed by atoms with Gasteiger partial charge in [0.2, 0.25) is 5.69 Å². The van der Waals surface area contributed by atoms with E-state index in [1.807, 2.05) is 6.07 Å². The number of nitrogens with zero attached hydrogens (tertiary/aromatic N) is 1. The predicted octanol–water partition coefficient (Wildman–Crippen LogP) is 3.79. The quantitative estimate of drug-likeness (QED) is 0.418. The van der Waals surface area contributed by atoms with Crippen LogP contribution in [0.1, 0.15) is 12.0 Å². The van der Waals surface area contributed by atoms with E-state index in [4.69, 9.17) is 23.7 Å². The second-order valence-electron chi connectivity index (χ2n) is 7.26. The van der Waals surface area contributed by atoms with Crippen molar-refractivity contribution in [3.05, 3.63) is 42.1 Å². The van der Waals surface area contributed by atoms with Crippen molar-refractivity contribution in [3.8, 4) is 34.3 Å². The van der Waals surface area contributed by atoms with Crippen molar-refractivity contribution in [3.63, 3.8) is 0 Å². The van der Waals surface area contributed by atoms with E-state index in [9.17, 15) is 0 Å². The predicted molar refractivity (Wildman–Crippen MR) is 115 cm³/mol. The summed E-state index contributed by atoms with van der Waals surface area (Å²) in [6.45, 7) is 2.14. The van der Waals surface area contributed by atoms with Crippen LogP contribution in [0.4, 0.5) is 0 Å². The average Bonchev–Trinajstić information content (AvgIpc) is 2.79. The topological polar surface area (TPSA) is 50.0 Å². The summed E-state index contributed by atoms with van der Waals surface area (Å²) in [6.07, 6.45) is 3.90. The molecule has 2 aromatic carbocycles. The minimum atomic E-state index is 0.581. The molecule has 6 heteroatoms. The van der Waals surface area contributed by atoms with Crippen molar-refractivity contribution in [1.29, 1.82) is 0 Å². The van der Waals surface area contributed by atoms with Crippen LogP contribution in [0.3, 0.4) is 0 Å². The molecule has 0 saturated carbocycles. The van der Waals surface area contributed by atoms with Gasteiger partial charge in [-0.3, -0.25) is 0 Å². The van der Waals surface area contributed by atoms with E-state index in [0.29, 0.717) is 13.2 Å². The Balaban J connectivity index is 1.79. The molecule has 0 spiro atoms. The molecule has 1 aromatic heterocycles. The Bertz CT molecular complexity index is 1060. The Morgan fingerprint density at radius 2 is 1.70 bits per heavy atom. The standard InChI is InChI=1S/C24H28NO5/c1-26-10-5-11-30-23-14-18-17(13-22(23)28-3)8-9-25-15-19-16(12-20(18)25)6-7-21(27-2)24(19)29-4/h6-7,12-15H,5,8-11H2,1-4H3/q+1. The first-order valence-corrected chi connectivity index (χ1v) is 10.1. The van der Waals surface area contributed by atoms with Crippen LogP contribution >= 0.6 is 0 Å². The van der Waals surface area contributed by atoms with Gasteiger partial charge in [-0.1, -0.05) is 0 Å². The van der Waals surface area contributed by atoms with Gasteiger partial charge in [0.15, 0.2) is 35.7 Å². The molecule has 6 nitrogen and oxygen atoms in total. The molecule has 30 heavy (non-hydrogen) atoms. The number of aryl methyl sites for hydroxylation is 2.